The maximum absolute atomic E-state index is 4.09. The molecule has 4 heteroatoms. The van der Waals surface area contributed by atoms with Gasteiger partial charge >= 0.3 is 68.8 Å². The quantitative estimate of drug-likeness (QED) is 0.671. The van der Waals surface area contributed by atoms with E-state index < -0.39 is 0 Å². The predicted molar refractivity (Wildman–Crippen MR) is 42.4 cm³/mol. The molecule has 0 fully saturated rings. The Kier molecular flexibility index (Phi) is 2.67. The zero-order valence-corrected chi connectivity index (χ0v) is 8.61. The number of nitrogens with zero attached hydrogens (tertiary/aromatic N) is 2. The van der Waals surface area contributed by atoms with Crippen molar-refractivity contribution in [1.82, 2.24) is 9.97 Å². The van der Waals surface area contributed by atoms with Crippen LogP contribution < -0.4 is 4.61 Å². The van der Waals surface area contributed by atoms with Gasteiger partial charge in [-0.25, -0.2) is 0 Å². The van der Waals surface area contributed by atoms with Crippen LogP contribution in [0.4, 0.5) is 0 Å². The average Bonchev–Trinajstić information content (AvgIpc) is 1.90. The van der Waals surface area contributed by atoms with Crippen molar-refractivity contribution >= 4 is 36.3 Å². The molecule has 1 heterocycles. The number of halogens is 1. The molecule has 0 aromatic carbocycles. The van der Waals surface area contributed by atoms with Gasteiger partial charge in [-0.05, 0) is 0 Å². The summed E-state index contributed by atoms with van der Waals surface area (Å²) < 4.78 is 1.96. The fraction of sp³-hybridized carbons (Fsp3) is 0.200. The number of hydrogen-bond acceptors (Lipinski definition) is 2. The van der Waals surface area contributed by atoms with Crippen LogP contribution in [-0.2, 0) is 0 Å². The van der Waals surface area contributed by atoms with Crippen molar-refractivity contribution in [3.05, 3.63) is 16.9 Å². The summed E-state index contributed by atoms with van der Waals surface area (Å²) in [5, 5.41) is 0. The number of rotatable bonds is 1. The summed E-state index contributed by atoms with van der Waals surface area (Å²) in [4.78, 5) is 8.19. The molecule has 0 N–H and O–H groups in total. The van der Waals surface area contributed by atoms with Crippen LogP contribution in [0, 0.1) is 0 Å². The van der Waals surface area contributed by atoms with Crippen molar-refractivity contribution in [2.45, 2.75) is 5.71 Å². The molecule has 0 aliphatic carbocycles. The van der Waals surface area contributed by atoms with E-state index in [1.807, 2.05) is 0 Å². The summed E-state index contributed by atoms with van der Waals surface area (Å²) in [6.45, 7) is 0. The third-order valence-corrected chi connectivity index (χ3v) is 2.73. The minimum atomic E-state index is -0.0614. The van der Waals surface area contributed by atoms with E-state index in [0.717, 1.165) is 9.08 Å². The van der Waals surface area contributed by atoms with Crippen LogP contribution in [-0.4, -0.2) is 25.7 Å². The third-order valence-electron chi connectivity index (χ3n) is 0.844. The monoisotopic (exact) mass is 248 g/mol. The summed E-state index contributed by atoms with van der Waals surface area (Å²) in [5.41, 5.74) is 2.16. The molecule has 1 unspecified atom stereocenters. The topological polar surface area (TPSA) is 25.8 Å². The summed E-state index contributed by atoms with van der Waals surface area (Å²) >= 11 is 3.20. The first-order valence-electron chi connectivity index (χ1n) is 2.48. The molecule has 1 aromatic rings. The molecule has 0 bridgehead atoms. The van der Waals surface area contributed by atoms with Crippen molar-refractivity contribution < 1.29 is 0 Å². The summed E-state index contributed by atoms with van der Waals surface area (Å²) in [7, 11) is 0. The Morgan fingerprint density at radius 1 is 1.44 bits per heavy atom. The Bertz CT molecular complexity index is 187. The molecular formula is C5H6AsBrN2. The molecule has 0 saturated heterocycles. The van der Waals surface area contributed by atoms with Gasteiger partial charge in [0.1, 0.15) is 0 Å². The Labute approximate surface area is 68.9 Å². The Morgan fingerprint density at radius 2 is 2.00 bits per heavy atom. The van der Waals surface area contributed by atoms with Gasteiger partial charge in [0.05, 0.1) is 0 Å². The SMILES string of the molecule is C[AsH]c1ncc(Br)cn1. The standard InChI is InChI=1S/C5H6AsBrN2/c1-6-5-8-2-4(7)3-9-5/h2-3,6H,1H3. The van der Waals surface area contributed by atoms with E-state index in [0.29, 0.717) is 0 Å². The molecule has 0 saturated carbocycles. The van der Waals surface area contributed by atoms with E-state index in [2.05, 4.69) is 31.6 Å². The van der Waals surface area contributed by atoms with Crippen molar-refractivity contribution in [3.63, 3.8) is 0 Å². The number of aromatic nitrogens is 2. The van der Waals surface area contributed by atoms with E-state index in [1.165, 1.54) is 0 Å². The van der Waals surface area contributed by atoms with E-state index >= 15 is 0 Å². The molecule has 0 aliphatic rings. The van der Waals surface area contributed by atoms with Crippen molar-refractivity contribution in [2.75, 3.05) is 0 Å². The predicted octanol–water partition coefficient (Wildman–Crippen LogP) is 0.349. The van der Waals surface area contributed by atoms with Crippen molar-refractivity contribution in [3.8, 4) is 0 Å². The number of hydrogen-bond donors (Lipinski definition) is 0. The van der Waals surface area contributed by atoms with Gasteiger partial charge in [0, 0.05) is 0 Å². The van der Waals surface area contributed by atoms with Crippen molar-refractivity contribution in [2.24, 2.45) is 0 Å². The fourth-order valence-electron chi connectivity index (χ4n) is 0.441. The second-order valence-electron chi connectivity index (χ2n) is 1.47. The molecule has 0 radical (unpaired) electrons. The van der Waals surface area contributed by atoms with Crippen molar-refractivity contribution in [1.29, 1.82) is 0 Å². The molecule has 1 rings (SSSR count). The summed E-state index contributed by atoms with van der Waals surface area (Å²) in [6.07, 6.45) is 3.57. The molecule has 0 aliphatic heterocycles. The Balaban J connectivity index is 2.88. The fourth-order valence-corrected chi connectivity index (χ4v) is 1.46. The molecule has 0 spiro atoms. The van der Waals surface area contributed by atoms with Gasteiger partial charge in [-0.15, -0.1) is 0 Å². The zero-order chi connectivity index (χ0) is 6.69. The Morgan fingerprint density at radius 3 is 2.44 bits per heavy atom. The zero-order valence-electron chi connectivity index (χ0n) is 4.93. The van der Waals surface area contributed by atoms with E-state index in [9.17, 15) is 0 Å². The van der Waals surface area contributed by atoms with Gasteiger partial charge in [0.2, 0.25) is 0 Å². The second kappa shape index (κ2) is 3.33. The van der Waals surface area contributed by atoms with Gasteiger partial charge in [0.25, 0.3) is 0 Å². The van der Waals surface area contributed by atoms with Crippen LogP contribution in [0.15, 0.2) is 16.9 Å². The van der Waals surface area contributed by atoms with E-state index in [1.54, 1.807) is 12.4 Å². The first-order valence-corrected chi connectivity index (χ1v) is 6.42. The normalized spacial score (nSPS) is 10.9. The Hall–Kier alpha value is 0.118. The minimum absolute atomic E-state index is 0.0614. The molecule has 9 heavy (non-hydrogen) atoms. The molecular weight excluding hydrogens is 243 g/mol. The molecule has 0 amide bonds. The van der Waals surface area contributed by atoms with Gasteiger partial charge in [0.15, 0.2) is 0 Å². The van der Waals surface area contributed by atoms with E-state index in [4.69, 9.17) is 0 Å². The van der Waals surface area contributed by atoms with Gasteiger partial charge in [-0.2, -0.15) is 0 Å². The maximum atomic E-state index is 4.09. The van der Waals surface area contributed by atoms with Crippen LogP contribution in [0.5, 0.6) is 0 Å². The first-order chi connectivity index (χ1) is 4.33. The average molecular weight is 249 g/mol. The van der Waals surface area contributed by atoms with Crippen LogP contribution in [0.2, 0.25) is 5.71 Å². The van der Waals surface area contributed by atoms with E-state index in [-0.39, 0.29) is 15.8 Å². The van der Waals surface area contributed by atoms with Crippen LogP contribution in [0.25, 0.3) is 0 Å². The molecule has 2 nitrogen and oxygen atoms in total. The van der Waals surface area contributed by atoms with Gasteiger partial charge < -0.3 is 0 Å². The third kappa shape index (κ3) is 2.07. The molecule has 1 aromatic heterocycles. The summed E-state index contributed by atoms with van der Waals surface area (Å²) in [6, 6.07) is 0. The van der Waals surface area contributed by atoms with Gasteiger partial charge in [-0.1, -0.05) is 0 Å². The first kappa shape index (κ1) is 7.23. The van der Waals surface area contributed by atoms with Crippen LogP contribution in [0.3, 0.4) is 0 Å². The van der Waals surface area contributed by atoms with Gasteiger partial charge in [-0.3, -0.25) is 0 Å². The molecule has 48 valence electrons. The van der Waals surface area contributed by atoms with Crippen LogP contribution >= 0.6 is 15.9 Å². The molecule has 1 atom stereocenters. The second-order valence-corrected chi connectivity index (χ2v) is 4.38. The van der Waals surface area contributed by atoms with Crippen LogP contribution in [0.1, 0.15) is 0 Å². The summed E-state index contributed by atoms with van der Waals surface area (Å²) in [5.74, 6) is 0.